The average Bonchev–Trinajstić information content (AvgIpc) is 3.04. The van der Waals surface area contributed by atoms with Crippen LogP contribution in [0.3, 0.4) is 0 Å². The number of nitrogens with one attached hydrogen (secondary N) is 1. The van der Waals surface area contributed by atoms with Gasteiger partial charge in [0.25, 0.3) is 0 Å². The smallest absolute Gasteiger partial charge is 0.307 e. The van der Waals surface area contributed by atoms with Gasteiger partial charge in [0.05, 0.1) is 5.92 Å². The fourth-order valence-corrected chi connectivity index (χ4v) is 2.81. The molecule has 0 aromatic heterocycles. The second-order valence-corrected chi connectivity index (χ2v) is 6.46. The third-order valence-corrected chi connectivity index (χ3v) is 4.36. The summed E-state index contributed by atoms with van der Waals surface area (Å²) in [4.78, 5) is 23.2. The van der Waals surface area contributed by atoms with Crippen LogP contribution in [0.2, 0.25) is 0 Å². The van der Waals surface area contributed by atoms with Crippen LogP contribution in [-0.4, -0.2) is 36.6 Å². The molecule has 1 saturated heterocycles. The molecule has 0 bridgehead atoms. The molecule has 2 rings (SSSR count). The van der Waals surface area contributed by atoms with Gasteiger partial charge in [0.15, 0.2) is 5.78 Å². The standard InChI is InChI=1S/C18H25NO4/c1-12(2)17(20)11-23-15-5-3-4-13(8-15)9-16(18(21)22)14-6-7-19-10-14/h3-5,8,12,14,16,19H,6-7,9-11H2,1-2H3,(H,21,22). The van der Waals surface area contributed by atoms with E-state index in [0.717, 1.165) is 25.1 Å². The van der Waals surface area contributed by atoms with Crippen LogP contribution in [0.15, 0.2) is 24.3 Å². The van der Waals surface area contributed by atoms with Crippen molar-refractivity contribution in [2.24, 2.45) is 17.8 Å². The first-order valence-electron chi connectivity index (χ1n) is 8.15. The Kier molecular flexibility index (Phi) is 6.16. The summed E-state index contributed by atoms with van der Waals surface area (Å²) in [7, 11) is 0. The molecule has 23 heavy (non-hydrogen) atoms. The van der Waals surface area contributed by atoms with Crippen molar-refractivity contribution in [1.82, 2.24) is 5.32 Å². The summed E-state index contributed by atoms with van der Waals surface area (Å²) in [6.07, 6.45) is 1.38. The van der Waals surface area contributed by atoms with Crippen LogP contribution in [-0.2, 0) is 16.0 Å². The van der Waals surface area contributed by atoms with E-state index in [-0.39, 0.29) is 24.2 Å². The molecule has 5 heteroatoms. The largest absolute Gasteiger partial charge is 0.486 e. The number of ketones is 1. The van der Waals surface area contributed by atoms with Crippen LogP contribution in [0, 0.1) is 17.8 Å². The summed E-state index contributed by atoms with van der Waals surface area (Å²) in [5.41, 5.74) is 0.929. The summed E-state index contributed by atoms with van der Waals surface area (Å²) in [5, 5.41) is 12.7. The monoisotopic (exact) mass is 319 g/mol. The fraction of sp³-hybridized carbons (Fsp3) is 0.556. The quantitative estimate of drug-likeness (QED) is 0.768. The van der Waals surface area contributed by atoms with Gasteiger partial charge < -0.3 is 15.2 Å². The number of benzene rings is 1. The first-order chi connectivity index (χ1) is 11.0. The Labute approximate surface area is 137 Å². The van der Waals surface area contributed by atoms with Crippen molar-refractivity contribution in [2.75, 3.05) is 19.7 Å². The number of hydrogen-bond donors (Lipinski definition) is 2. The van der Waals surface area contributed by atoms with E-state index in [4.69, 9.17) is 4.74 Å². The molecule has 1 aromatic rings. The molecule has 1 aliphatic heterocycles. The highest BCUT2D eigenvalue weighted by atomic mass is 16.5. The number of aliphatic carboxylic acids is 1. The van der Waals surface area contributed by atoms with Gasteiger partial charge in [-0.05, 0) is 49.5 Å². The van der Waals surface area contributed by atoms with Crippen molar-refractivity contribution < 1.29 is 19.4 Å². The molecular formula is C18H25NO4. The summed E-state index contributed by atoms with van der Waals surface area (Å²) in [6.45, 7) is 5.38. The molecule has 0 saturated carbocycles. The lowest BCUT2D eigenvalue weighted by Crippen LogP contribution is -2.27. The lowest BCUT2D eigenvalue weighted by molar-refractivity contribution is -0.143. The minimum absolute atomic E-state index is 0.0514. The Bertz CT molecular complexity index is 550. The zero-order valence-corrected chi connectivity index (χ0v) is 13.7. The number of carboxylic acid groups (broad SMARTS) is 1. The number of carbonyl (C=O) groups is 2. The predicted molar refractivity (Wildman–Crippen MR) is 87.6 cm³/mol. The second-order valence-electron chi connectivity index (χ2n) is 6.46. The first kappa shape index (κ1) is 17.5. The number of carbonyl (C=O) groups excluding carboxylic acids is 1. The highest BCUT2D eigenvalue weighted by Crippen LogP contribution is 2.25. The van der Waals surface area contributed by atoms with Crippen LogP contribution in [0.25, 0.3) is 0 Å². The highest BCUT2D eigenvalue weighted by molar-refractivity contribution is 5.81. The Morgan fingerprint density at radius 2 is 2.17 bits per heavy atom. The molecule has 2 unspecified atom stereocenters. The van der Waals surface area contributed by atoms with Crippen molar-refractivity contribution >= 4 is 11.8 Å². The average molecular weight is 319 g/mol. The highest BCUT2D eigenvalue weighted by Gasteiger charge is 2.30. The molecule has 2 atom stereocenters. The molecule has 5 nitrogen and oxygen atoms in total. The van der Waals surface area contributed by atoms with Crippen LogP contribution in [0.4, 0.5) is 0 Å². The number of rotatable bonds is 8. The molecule has 1 heterocycles. The van der Waals surface area contributed by atoms with Crippen molar-refractivity contribution in [3.8, 4) is 5.75 Å². The number of Topliss-reactive ketones (excluding diaryl/α,β-unsaturated/α-hetero) is 1. The Morgan fingerprint density at radius 3 is 2.78 bits per heavy atom. The van der Waals surface area contributed by atoms with Crippen LogP contribution in [0.5, 0.6) is 5.75 Å². The lowest BCUT2D eigenvalue weighted by Gasteiger charge is -2.19. The molecule has 0 amide bonds. The van der Waals surface area contributed by atoms with Crippen molar-refractivity contribution in [1.29, 1.82) is 0 Å². The van der Waals surface area contributed by atoms with E-state index in [1.165, 1.54) is 0 Å². The van der Waals surface area contributed by atoms with Gasteiger partial charge in [-0.3, -0.25) is 9.59 Å². The van der Waals surface area contributed by atoms with Gasteiger partial charge in [0.1, 0.15) is 12.4 Å². The molecule has 0 spiro atoms. The molecule has 126 valence electrons. The molecule has 2 N–H and O–H groups in total. The second kappa shape index (κ2) is 8.11. The summed E-state index contributed by atoms with van der Waals surface area (Å²) in [5.74, 6) is -0.359. The molecule has 1 aromatic carbocycles. The summed E-state index contributed by atoms with van der Waals surface area (Å²) < 4.78 is 5.53. The molecule has 1 aliphatic rings. The van der Waals surface area contributed by atoms with E-state index in [0.29, 0.717) is 12.2 Å². The molecule has 0 radical (unpaired) electrons. The van der Waals surface area contributed by atoms with Gasteiger partial charge in [0, 0.05) is 5.92 Å². The van der Waals surface area contributed by atoms with Gasteiger partial charge in [-0.25, -0.2) is 0 Å². The predicted octanol–water partition coefficient (Wildman–Crippen LogP) is 2.14. The van der Waals surface area contributed by atoms with Gasteiger partial charge in [0.2, 0.25) is 0 Å². The van der Waals surface area contributed by atoms with Gasteiger partial charge in [-0.1, -0.05) is 26.0 Å². The van der Waals surface area contributed by atoms with Gasteiger partial charge >= 0.3 is 5.97 Å². The zero-order chi connectivity index (χ0) is 16.8. The van der Waals surface area contributed by atoms with Crippen molar-refractivity contribution in [3.05, 3.63) is 29.8 Å². The van der Waals surface area contributed by atoms with Crippen LogP contribution < -0.4 is 10.1 Å². The van der Waals surface area contributed by atoms with E-state index in [1.807, 2.05) is 32.0 Å². The minimum atomic E-state index is -0.750. The van der Waals surface area contributed by atoms with Gasteiger partial charge in [-0.15, -0.1) is 0 Å². The Morgan fingerprint density at radius 1 is 1.39 bits per heavy atom. The molecule has 1 fully saturated rings. The normalized spacial score (nSPS) is 18.8. The number of ether oxygens (including phenoxy) is 1. The Hall–Kier alpha value is -1.88. The number of carboxylic acids is 1. The SMILES string of the molecule is CC(C)C(=O)COc1cccc(CC(C(=O)O)C2CCNC2)c1. The van der Waals surface area contributed by atoms with E-state index < -0.39 is 11.9 Å². The zero-order valence-electron chi connectivity index (χ0n) is 13.7. The summed E-state index contributed by atoms with van der Waals surface area (Å²) >= 11 is 0. The summed E-state index contributed by atoms with van der Waals surface area (Å²) in [6, 6.07) is 7.39. The van der Waals surface area contributed by atoms with Gasteiger partial charge in [-0.2, -0.15) is 0 Å². The first-order valence-corrected chi connectivity index (χ1v) is 8.15. The van der Waals surface area contributed by atoms with Crippen LogP contribution in [0.1, 0.15) is 25.8 Å². The maximum atomic E-state index is 11.6. The molecule has 0 aliphatic carbocycles. The molecular weight excluding hydrogens is 294 g/mol. The Balaban J connectivity index is 2.00. The van der Waals surface area contributed by atoms with Crippen molar-refractivity contribution in [3.63, 3.8) is 0 Å². The third-order valence-electron chi connectivity index (χ3n) is 4.36. The lowest BCUT2D eigenvalue weighted by atomic mass is 9.86. The topological polar surface area (TPSA) is 75.6 Å². The third kappa shape index (κ3) is 5.06. The van der Waals surface area contributed by atoms with Crippen LogP contribution >= 0.6 is 0 Å². The number of hydrogen-bond acceptors (Lipinski definition) is 4. The maximum absolute atomic E-state index is 11.6. The minimum Gasteiger partial charge on any atom is -0.486 e. The van der Waals surface area contributed by atoms with Crippen molar-refractivity contribution in [2.45, 2.75) is 26.7 Å². The van der Waals surface area contributed by atoms with E-state index in [2.05, 4.69) is 5.32 Å². The van der Waals surface area contributed by atoms with E-state index in [9.17, 15) is 14.7 Å². The maximum Gasteiger partial charge on any atom is 0.307 e. The fourth-order valence-electron chi connectivity index (χ4n) is 2.81. The van der Waals surface area contributed by atoms with E-state index in [1.54, 1.807) is 6.07 Å². The van der Waals surface area contributed by atoms with E-state index >= 15 is 0 Å².